The summed E-state index contributed by atoms with van der Waals surface area (Å²) < 4.78 is 55.7. The molecule has 2 atom stereocenters. The largest absolute Gasteiger partial charge is 0.480 e. The van der Waals surface area contributed by atoms with Gasteiger partial charge in [-0.15, -0.1) is 0 Å². The second-order valence-corrected chi connectivity index (χ2v) is 6.16. The monoisotopic (exact) mass is 416 g/mol. The lowest BCUT2D eigenvalue weighted by atomic mass is 10.1. The van der Waals surface area contributed by atoms with Crippen LogP contribution in [-0.2, 0) is 19.2 Å². The van der Waals surface area contributed by atoms with Crippen LogP contribution < -0.4 is 10.6 Å². The van der Waals surface area contributed by atoms with Gasteiger partial charge in [-0.05, 0) is 12.8 Å². The Balaban J connectivity index is 5.36. The number of amides is 2. The van der Waals surface area contributed by atoms with Gasteiger partial charge < -0.3 is 20.8 Å². The number of carbonyl (C=O) groups excluding carboxylic acids is 2. The highest BCUT2D eigenvalue weighted by Crippen LogP contribution is 2.35. The number of hydrogen-bond donors (Lipinski definition) is 4. The molecule has 0 radical (unpaired) electrons. The molecule has 0 aliphatic rings. The van der Waals surface area contributed by atoms with Crippen molar-refractivity contribution < 1.29 is 47.0 Å². The molecule has 0 heterocycles. The van der Waals surface area contributed by atoms with Gasteiger partial charge in [-0.25, -0.2) is 9.59 Å². The summed E-state index contributed by atoms with van der Waals surface area (Å²) in [6, 6.07) is -3.68. The van der Waals surface area contributed by atoms with E-state index in [1.54, 1.807) is 13.8 Å². The Bertz CT molecular complexity index is 535. The normalized spacial score (nSPS) is 14.1. The number of unbranched alkanes of at least 4 members (excludes halogenated alkanes) is 2. The second-order valence-electron chi connectivity index (χ2n) is 6.16. The van der Waals surface area contributed by atoms with Crippen LogP contribution in [0.3, 0.4) is 0 Å². The standard InChI is InChI=1S/C16H24F4N2O6/c1-3-5-7-9(11(23)24)21-13(27)15(17,18)16(19,20)14(28)22-10(12(25)26)8-6-4-2/h9-10H,3-8H2,1-2H3,(H,21,27)(H,22,28)(H,23,24)(H,25,26)/t9-,10-/m0/s1. The van der Waals surface area contributed by atoms with Crippen LogP contribution >= 0.6 is 0 Å². The molecule has 0 rings (SSSR count). The van der Waals surface area contributed by atoms with E-state index in [2.05, 4.69) is 0 Å². The molecule has 0 saturated heterocycles. The molecular formula is C16H24F4N2O6. The van der Waals surface area contributed by atoms with Gasteiger partial charge in [-0.1, -0.05) is 39.5 Å². The first-order valence-corrected chi connectivity index (χ1v) is 8.66. The summed E-state index contributed by atoms with van der Waals surface area (Å²) in [4.78, 5) is 45.1. The first-order chi connectivity index (χ1) is 12.8. The average molecular weight is 416 g/mol. The molecule has 162 valence electrons. The molecule has 0 spiro atoms. The molecule has 0 aliphatic heterocycles. The first kappa shape index (κ1) is 25.6. The molecule has 0 saturated carbocycles. The third kappa shape index (κ3) is 6.64. The van der Waals surface area contributed by atoms with Crippen molar-refractivity contribution in [1.82, 2.24) is 10.6 Å². The molecule has 28 heavy (non-hydrogen) atoms. The highest BCUT2D eigenvalue weighted by molar-refractivity contribution is 5.97. The third-order valence-corrected chi connectivity index (χ3v) is 3.86. The van der Waals surface area contributed by atoms with Gasteiger partial charge in [-0.2, -0.15) is 17.6 Å². The van der Waals surface area contributed by atoms with Crippen molar-refractivity contribution in [1.29, 1.82) is 0 Å². The Labute approximate surface area is 158 Å². The van der Waals surface area contributed by atoms with Crippen molar-refractivity contribution in [2.24, 2.45) is 0 Å². The van der Waals surface area contributed by atoms with Gasteiger partial charge in [-0.3, -0.25) is 9.59 Å². The predicted octanol–water partition coefficient (Wildman–Crippen LogP) is 1.78. The van der Waals surface area contributed by atoms with Crippen molar-refractivity contribution in [2.75, 3.05) is 0 Å². The Hall–Kier alpha value is -2.40. The van der Waals surface area contributed by atoms with Gasteiger partial charge in [0.1, 0.15) is 12.1 Å². The van der Waals surface area contributed by atoms with Crippen LogP contribution in [0, 0.1) is 0 Å². The molecule has 0 aromatic heterocycles. The fraction of sp³-hybridized carbons (Fsp3) is 0.750. The Morgan fingerprint density at radius 1 is 0.750 bits per heavy atom. The maximum absolute atomic E-state index is 13.9. The minimum atomic E-state index is -5.59. The van der Waals surface area contributed by atoms with E-state index in [4.69, 9.17) is 10.2 Å². The van der Waals surface area contributed by atoms with Gasteiger partial charge in [0, 0.05) is 0 Å². The second kappa shape index (κ2) is 10.8. The van der Waals surface area contributed by atoms with Crippen molar-refractivity contribution in [3.8, 4) is 0 Å². The molecule has 0 unspecified atom stereocenters. The number of halogens is 4. The van der Waals surface area contributed by atoms with E-state index in [1.807, 2.05) is 0 Å². The van der Waals surface area contributed by atoms with Crippen molar-refractivity contribution in [3.63, 3.8) is 0 Å². The minimum Gasteiger partial charge on any atom is -0.480 e. The van der Waals surface area contributed by atoms with Crippen LogP contribution in [-0.4, -0.2) is 57.9 Å². The fourth-order valence-corrected chi connectivity index (χ4v) is 2.11. The van der Waals surface area contributed by atoms with Crippen LogP contribution in [0.25, 0.3) is 0 Å². The zero-order valence-corrected chi connectivity index (χ0v) is 15.4. The summed E-state index contributed by atoms with van der Waals surface area (Å²) in [6.07, 6.45) is 0.813. The smallest absolute Gasteiger partial charge is 0.395 e. The summed E-state index contributed by atoms with van der Waals surface area (Å²) in [6.45, 7) is 3.32. The molecule has 12 heteroatoms. The van der Waals surface area contributed by atoms with E-state index >= 15 is 0 Å². The number of carboxylic acid groups (broad SMARTS) is 2. The number of aliphatic carboxylic acids is 2. The summed E-state index contributed by atoms with van der Waals surface area (Å²) in [7, 11) is 0. The molecule has 0 fully saturated rings. The lowest BCUT2D eigenvalue weighted by Gasteiger charge is -2.27. The molecular weight excluding hydrogens is 392 g/mol. The average Bonchev–Trinajstić information content (AvgIpc) is 2.60. The lowest BCUT2D eigenvalue weighted by molar-refractivity contribution is -0.212. The molecule has 8 nitrogen and oxygen atoms in total. The summed E-state index contributed by atoms with van der Waals surface area (Å²) in [5, 5.41) is 20.4. The number of hydrogen-bond acceptors (Lipinski definition) is 4. The maximum atomic E-state index is 13.9. The summed E-state index contributed by atoms with van der Waals surface area (Å²) >= 11 is 0. The van der Waals surface area contributed by atoms with Gasteiger partial charge >= 0.3 is 23.8 Å². The lowest BCUT2D eigenvalue weighted by Crippen LogP contribution is -2.62. The zero-order chi connectivity index (χ0) is 22.1. The maximum Gasteiger partial charge on any atom is 0.395 e. The quantitative estimate of drug-likeness (QED) is 0.338. The number of nitrogens with one attached hydrogen (secondary N) is 2. The van der Waals surface area contributed by atoms with Crippen molar-refractivity contribution in [3.05, 3.63) is 0 Å². The van der Waals surface area contributed by atoms with Gasteiger partial charge in [0.2, 0.25) is 0 Å². The number of carbonyl (C=O) groups is 4. The molecule has 2 amide bonds. The fourth-order valence-electron chi connectivity index (χ4n) is 2.11. The van der Waals surface area contributed by atoms with Crippen LogP contribution in [0.2, 0.25) is 0 Å². The van der Waals surface area contributed by atoms with Crippen molar-refractivity contribution >= 4 is 23.8 Å². The van der Waals surface area contributed by atoms with Gasteiger partial charge in [0.25, 0.3) is 11.8 Å². The number of rotatable bonds is 13. The molecule has 0 aromatic rings. The van der Waals surface area contributed by atoms with E-state index < -0.39 is 47.7 Å². The summed E-state index contributed by atoms with van der Waals surface area (Å²) in [5.74, 6) is -19.9. The highest BCUT2D eigenvalue weighted by Gasteiger charge is 2.67. The summed E-state index contributed by atoms with van der Waals surface area (Å²) in [5.41, 5.74) is 0. The van der Waals surface area contributed by atoms with E-state index in [0.717, 1.165) is 0 Å². The Morgan fingerprint density at radius 3 is 1.25 bits per heavy atom. The number of carboxylic acids is 2. The SMILES string of the molecule is CCCC[C@H](NC(=O)C(F)(F)C(F)(F)C(=O)N[C@@H](CCCC)C(=O)O)C(=O)O. The predicted molar refractivity (Wildman–Crippen MR) is 88.1 cm³/mol. The topological polar surface area (TPSA) is 133 Å². The first-order valence-electron chi connectivity index (χ1n) is 8.66. The van der Waals surface area contributed by atoms with Gasteiger partial charge in [0.05, 0.1) is 0 Å². The molecule has 0 aromatic carbocycles. The molecule has 0 aliphatic carbocycles. The highest BCUT2D eigenvalue weighted by atomic mass is 19.3. The van der Waals surface area contributed by atoms with Crippen LogP contribution in [0.5, 0.6) is 0 Å². The van der Waals surface area contributed by atoms with E-state index in [1.165, 1.54) is 10.6 Å². The molecule has 0 bridgehead atoms. The van der Waals surface area contributed by atoms with Gasteiger partial charge in [0.15, 0.2) is 0 Å². The van der Waals surface area contributed by atoms with E-state index in [0.29, 0.717) is 12.8 Å². The van der Waals surface area contributed by atoms with Crippen LogP contribution in [0.4, 0.5) is 17.6 Å². The number of alkyl halides is 4. The Morgan fingerprint density at radius 2 is 1.04 bits per heavy atom. The van der Waals surface area contributed by atoms with E-state index in [9.17, 15) is 36.7 Å². The van der Waals surface area contributed by atoms with Crippen LogP contribution in [0.15, 0.2) is 0 Å². The van der Waals surface area contributed by atoms with E-state index in [-0.39, 0.29) is 25.7 Å². The Kier molecular flexibility index (Phi) is 9.88. The third-order valence-electron chi connectivity index (χ3n) is 3.86. The zero-order valence-electron chi connectivity index (χ0n) is 15.4. The minimum absolute atomic E-state index is 0.220. The molecule has 4 N–H and O–H groups in total. The van der Waals surface area contributed by atoms with Crippen LogP contribution in [0.1, 0.15) is 52.4 Å². The van der Waals surface area contributed by atoms with Crippen molar-refractivity contribution in [2.45, 2.75) is 76.3 Å².